The lowest BCUT2D eigenvalue weighted by Gasteiger charge is -2.35. The Labute approximate surface area is 148 Å². The first-order valence-electron chi connectivity index (χ1n) is 9.56. The van der Waals surface area contributed by atoms with Crippen molar-refractivity contribution >= 4 is 0 Å². The summed E-state index contributed by atoms with van der Waals surface area (Å²) in [5, 5.41) is 3.73. The molecule has 0 aliphatic heterocycles. The highest BCUT2D eigenvalue weighted by atomic mass is 14.9. The molecule has 0 amide bonds. The van der Waals surface area contributed by atoms with Crippen LogP contribution in [-0.4, -0.2) is 12.6 Å². The maximum atomic E-state index is 3.73. The summed E-state index contributed by atoms with van der Waals surface area (Å²) in [6.45, 7) is 11.7. The molecular weight excluding hydrogens is 290 g/mol. The van der Waals surface area contributed by atoms with E-state index in [9.17, 15) is 0 Å². The lowest BCUT2D eigenvalue weighted by atomic mass is 9.75. The average Bonchev–Trinajstić information content (AvgIpc) is 2.61. The molecule has 3 rings (SSSR count). The minimum absolute atomic E-state index is 0.588. The number of hydrogen-bond acceptors (Lipinski definition) is 1. The van der Waals surface area contributed by atoms with Gasteiger partial charge in [-0.2, -0.15) is 0 Å². The highest BCUT2D eigenvalue weighted by Gasteiger charge is 2.29. The van der Waals surface area contributed by atoms with Crippen LogP contribution in [0.15, 0.2) is 42.5 Å². The van der Waals surface area contributed by atoms with E-state index >= 15 is 0 Å². The number of nitrogens with one attached hydrogen (secondary N) is 1. The van der Waals surface area contributed by atoms with E-state index in [2.05, 4.69) is 68.6 Å². The Bertz CT molecular complexity index is 630. The van der Waals surface area contributed by atoms with Gasteiger partial charge in [0.1, 0.15) is 0 Å². The van der Waals surface area contributed by atoms with Crippen molar-refractivity contribution < 1.29 is 0 Å². The van der Waals surface area contributed by atoms with Crippen LogP contribution >= 0.6 is 0 Å². The highest BCUT2D eigenvalue weighted by molar-refractivity contribution is 5.42. The van der Waals surface area contributed by atoms with E-state index in [4.69, 9.17) is 0 Å². The first-order chi connectivity index (χ1) is 11.7. The minimum Gasteiger partial charge on any atom is -0.314 e. The first kappa shape index (κ1) is 18.7. The first-order valence-corrected chi connectivity index (χ1v) is 9.56. The van der Waals surface area contributed by atoms with E-state index in [0.29, 0.717) is 12.0 Å². The van der Waals surface area contributed by atoms with Crippen molar-refractivity contribution in [2.45, 2.75) is 65.8 Å². The van der Waals surface area contributed by atoms with Gasteiger partial charge in [0.2, 0.25) is 0 Å². The van der Waals surface area contributed by atoms with Crippen molar-refractivity contribution in [2.75, 3.05) is 6.54 Å². The van der Waals surface area contributed by atoms with Crippen molar-refractivity contribution in [3.63, 3.8) is 0 Å². The van der Waals surface area contributed by atoms with Crippen LogP contribution in [0.2, 0.25) is 0 Å². The zero-order valence-corrected chi connectivity index (χ0v) is 16.0. The van der Waals surface area contributed by atoms with Crippen LogP contribution in [0.25, 0.3) is 0 Å². The Kier molecular flexibility index (Phi) is 7.05. The van der Waals surface area contributed by atoms with Crippen molar-refractivity contribution in [3.05, 3.63) is 70.3 Å². The predicted octanol–water partition coefficient (Wildman–Crippen LogP) is 5.58. The third-order valence-corrected chi connectivity index (χ3v) is 5.13. The SMILES string of the molecule is CC.CCNC1CCc2cc(C)c(C)cc2C1Cc1ccccc1. The molecule has 2 unspecified atom stereocenters. The molecule has 2 aromatic carbocycles. The second-order valence-electron chi connectivity index (χ2n) is 6.63. The van der Waals surface area contributed by atoms with E-state index in [1.165, 1.54) is 29.5 Å². The Morgan fingerprint density at radius 2 is 1.67 bits per heavy atom. The molecule has 2 atom stereocenters. The second kappa shape index (κ2) is 9.03. The average molecular weight is 324 g/mol. The zero-order valence-electron chi connectivity index (χ0n) is 16.0. The van der Waals surface area contributed by atoms with Gasteiger partial charge in [-0.3, -0.25) is 0 Å². The molecule has 130 valence electrons. The van der Waals surface area contributed by atoms with Crippen molar-refractivity contribution in [1.82, 2.24) is 5.32 Å². The van der Waals surface area contributed by atoms with Gasteiger partial charge < -0.3 is 5.32 Å². The largest absolute Gasteiger partial charge is 0.314 e. The zero-order chi connectivity index (χ0) is 17.5. The van der Waals surface area contributed by atoms with Gasteiger partial charge in [-0.1, -0.05) is 63.2 Å². The van der Waals surface area contributed by atoms with Gasteiger partial charge in [0, 0.05) is 12.0 Å². The molecular formula is C23H33N. The van der Waals surface area contributed by atoms with Gasteiger partial charge in [-0.25, -0.2) is 0 Å². The summed E-state index contributed by atoms with van der Waals surface area (Å²) in [6, 6.07) is 16.4. The fraction of sp³-hybridized carbons (Fsp3) is 0.478. The van der Waals surface area contributed by atoms with Gasteiger partial charge >= 0.3 is 0 Å². The normalized spacial score (nSPS) is 19.2. The van der Waals surface area contributed by atoms with Crippen molar-refractivity contribution in [1.29, 1.82) is 0 Å². The molecule has 1 heteroatoms. The van der Waals surface area contributed by atoms with Crippen LogP contribution in [0.4, 0.5) is 0 Å². The molecule has 1 nitrogen and oxygen atoms in total. The molecule has 1 N–H and O–H groups in total. The fourth-order valence-electron chi connectivity index (χ4n) is 3.82. The summed E-state index contributed by atoms with van der Waals surface area (Å²) in [7, 11) is 0. The van der Waals surface area contributed by atoms with Crippen molar-refractivity contribution in [3.8, 4) is 0 Å². The second-order valence-corrected chi connectivity index (χ2v) is 6.63. The quantitative estimate of drug-likeness (QED) is 0.774. The molecule has 1 aliphatic rings. The van der Waals surface area contributed by atoms with Crippen LogP contribution in [0.3, 0.4) is 0 Å². The number of hydrogen-bond donors (Lipinski definition) is 1. The molecule has 0 heterocycles. The number of fused-ring (bicyclic) bond motifs is 1. The number of aryl methyl sites for hydroxylation is 3. The number of rotatable bonds is 4. The van der Waals surface area contributed by atoms with Crippen LogP contribution in [0, 0.1) is 13.8 Å². The smallest absolute Gasteiger partial charge is 0.0142 e. The predicted molar refractivity (Wildman–Crippen MR) is 106 cm³/mol. The fourth-order valence-corrected chi connectivity index (χ4v) is 3.82. The Hall–Kier alpha value is -1.60. The van der Waals surface area contributed by atoms with Gasteiger partial charge in [-0.05, 0) is 67.5 Å². The summed E-state index contributed by atoms with van der Waals surface area (Å²) in [4.78, 5) is 0. The van der Waals surface area contributed by atoms with Gasteiger partial charge in [0.25, 0.3) is 0 Å². The highest BCUT2D eigenvalue weighted by Crippen LogP contribution is 2.36. The molecule has 0 saturated carbocycles. The topological polar surface area (TPSA) is 12.0 Å². The monoisotopic (exact) mass is 323 g/mol. The van der Waals surface area contributed by atoms with Crippen molar-refractivity contribution in [2.24, 2.45) is 0 Å². The molecule has 0 spiro atoms. The molecule has 24 heavy (non-hydrogen) atoms. The van der Waals surface area contributed by atoms with E-state index in [1.54, 1.807) is 11.1 Å². The van der Waals surface area contributed by atoms with E-state index in [1.807, 2.05) is 13.8 Å². The van der Waals surface area contributed by atoms with Gasteiger partial charge in [-0.15, -0.1) is 0 Å². The third-order valence-electron chi connectivity index (χ3n) is 5.13. The van der Waals surface area contributed by atoms with Crippen LogP contribution < -0.4 is 5.32 Å². The van der Waals surface area contributed by atoms with Crippen LogP contribution in [-0.2, 0) is 12.8 Å². The molecule has 0 fully saturated rings. The third kappa shape index (κ3) is 4.27. The standard InChI is InChI=1S/C21H27N.C2H6/c1-4-22-21-11-10-18-12-15(2)16(3)13-19(18)20(21)14-17-8-6-5-7-9-17;1-2/h5-9,12-13,20-22H,4,10-11,14H2,1-3H3;1-2H3. The van der Waals surface area contributed by atoms with E-state index in [-0.39, 0.29) is 0 Å². The molecule has 2 aromatic rings. The Morgan fingerprint density at radius 1 is 1.00 bits per heavy atom. The Morgan fingerprint density at radius 3 is 2.33 bits per heavy atom. The molecule has 1 aliphatic carbocycles. The lowest BCUT2D eigenvalue weighted by Crippen LogP contribution is -2.39. The Balaban J connectivity index is 0.00000100. The summed E-state index contributed by atoms with van der Waals surface area (Å²) in [5.41, 5.74) is 7.44. The van der Waals surface area contributed by atoms with Gasteiger partial charge in [0.15, 0.2) is 0 Å². The molecule has 0 radical (unpaired) electrons. The van der Waals surface area contributed by atoms with Crippen LogP contribution in [0.1, 0.15) is 60.9 Å². The minimum atomic E-state index is 0.588. The number of benzene rings is 2. The summed E-state index contributed by atoms with van der Waals surface area (Å²) in [6.07, 6.45) is 3.59. The number of likely N-dealkylation sites (N-methyl/N-ethyl adjacent to an activating group) is 1. The molecule has 0 saturated heterocycles. The van der Waals surface area contributed by atoms with Crippen LogP contribution in [0.5, 0.6) is 0 Å². The molecule has 0 bridgehead atoms. The van der Waals surface area contributed by atoms with E-state index < -0.39 is 0 Å². The van der Waals surface area contributed by atoms with Gasteiger partial charge in [0.05, 0.1) is 0 Å². The maximum Gasteiger partial charge on any atom is 0.0142 e. The molecule has 0 aromatic heterocycles. The van der Waals surface area contributed by atoms with E-state index in [0.717, 1.165) is 13.0 Å². The summed E-state index contributed by atoms with van der Waals surface area (Å²) < 4.78 is 0. The maximum absolute atomic E-state index is 3.73. The lowest BCUT2D eigenvalue weighted by molar-refractivity contribution is 0.392. The summed E-state index contributed by atoms with van der Waals surface area (Å²) in [5.74, 6) is 0.588. The summed E-state index contributed by atoms with van der Waals surface area (Å²) >= 11 is 0.